The Morgan fingerprint density at radius 2 is 2.20 bits per heavy atom. The first-order chi connectivity index (χ1) is 7.33. The summed E-state index contributed by atoms with van der Waals surface area (Å²) < 4.78 is 14.1. The summed E-state index contributed by atoms with van der Waals surface area (Å²) in [5, 5.41) is 0. The van der Waals surface area contributed by atoms with Crippen LogP contribution in [0.15, 0.2) is 39.8 Å². The molecule has 0 N–H and O–H groups in total. The molecule has 2 aliphatic rings. The second-order valence-corrected chi connectivity index (χ2v) is 4.10. The fourth-order valence-corrected chi connectivity index (χ4v) is 2.33. The molecule has 2 rings (SSSR count). The molecule has 1 nitrogen and oxygen atoms in total. The Kier molecular flexibility index (Phi) is 3.14. The van der Waals surface area contributed by atoms with Gasteiger partial charge in [0.2, 0.25) is 0 Å². The van der Waals surface area contributed by atoms with Crippen molar-refractivity contribution in [2.75, 3.05) is 0 Å². The van der Waals surface area contributed by atoms with E-state index in [-0.39, 0.29) is 5.83 Å². The van der Waals surface area contributed by atoms with Crippen molar-refractivity contribution >= 4 is 6.72 Å². The lowest BCUT2D eigenvalue weighted by molar-refractivity contribution is 0.629. The maximum atomic E-state index is 14.1. The molecule has 0 bridgehead atoms. The summed E-state index contributed by atoms with van der Waals surface area (Å²) >= 11 is 0. The van der Waals surface area contributed by atoms with Gasteiger partial charge in [0.05, 0.1) is 0 Å². The van der Waals surface area contributed by atoms with Gasteiger partial charge >= 0.3 is 0 Å². The normalized spacial score (nSPS) is 27.0. The number of nitrogens with zero attached hydrogens (tertiary/aromatic N) is 1. The lowest BCUT2D eigenvalue weighted by atomic mass is 10.1. The smallest absolute Gasteiger partial charge is 0.129 e. The zero-order chi connectivity index (χ0) is 10.7. The first-order valence-corrected chi connectivity index (χ1v) is 5.56. The van der Waals surface area contributed by atoms with Crippen molar-refractivity contribution in [1.82, 2.24) is 0 Å². The molecule has 0 aromatic heterocycles. The number of aliphatic imine (C=N–C) groups is 1. The number of hydrogen-bond donors (Lipinski definition) is 0. The van der Waals surface area contributed by atoms with Gasteiger partial charge in [-0.2, -0.15) is 0 Å². The summed E-state index contributed by atoms with van der Waals surface area (Å²) in [6, 6.07) is 0. The van der Waals surface area contributed by atoms with Crippen LogP contribution in [0.2, 0.25) is 0 Å². The van der Waals surface area contributed by atoms with E-state index in [0.717, 1.165) is 55.2 Å². The van der Waals surface area contributed by atoms with Crippen LogP contribution >= 0.6 is 0 Å². The van der Waals surface area contributed by atoms with Gasteiger partial charge in [-0.1, -0.05) is 6.08 Å². The molecule has 0 unspecified atom stereocenters. The lowest BCUT2D eigenvalue weighted by Gasteiger charge is -2.04. The van der Waals surface area contributed by atoms with Crippen LogP contribution < -0.4 is 0 Å². The Morgan fingerprint density at radius 3 is 2.87 bits per heavy atom. The molecule has 2 aliphatic carbocycles. The molecule has 0 saturated heterocycles. The highest BCUT2D eigenvalue weighted by molar-refractivity contribution is 5.45. The van der Waals surface area contributed by atoms with Gasteiger partial charge in [0, 0.05) is 6.20 Å². The van der Waals surface area contributed by atoms with E-state index < -0.39 is 0 Å². The number of hydrogen-bond acceptors (Lipinski definition) is 1. The molecule has 0 aromatic carbocycles. The van der Waals surface area contributed by atoms with Gasteiger partial charge in [-0.05, 0) is 62.0 Å². The van der Waals surface area contributed by atoms with Gasteiger partial charge in [-0.15, -0.1) is 0 Å². The van der Waals surface area contributed by atoms with E-state index in [1.807, 2.05) is 6.08 Å². The van der Waals surface area contributed by atoms with Gasteiger partial charge in [0.15, 0.2) is 0 Å². The monoisotopic (exact) mass is 205 g/mol. The van der Waals surface area contributed by atoms with Crippen molar-refractivity contribution in [3.8, 4) is 0 Å². The maximum Gasteiger partial charge on any atom is 0.129 e. The molecule has 1 fully saturated rings. The Bertz CT molecular complexity index is 361. The standard InChI is InChI=1S/C13H16FN/c1-15-9-11-7-4-8-12(11)13(14)10-5-2-3-6-10/h5,9H,1-4,6-8H2/b11-9+,13-12+. The van der Waals surface area contributed by atoms with Crippen molar-refractivity contribution in [2.24, 2.45) is 4.99 Å². The van der Waals surface area contributed by atoms with E-state index in [0.29, 0.717) is 0 Å². The van der Waals surface area contributed by atoms with Crippen LogP contribution in [0.25, 0.3) is 0 Å². The van der Waals surface area contributed by atoms with Crippen molar-refractivity contribution in [3.05, 3.63) is 34.8 Å². The first kappa shape index (κ1) is 10.3. The van der Waals surface area contributed by atoms with Crippen LogP contribution in [0, 0.1) is 0 Å². The summed E-state index contributed by atoms with van der Waals surface area (Å²) in [5.74, 6) is 0.0138. The highest BCUT2D eigenvalue weighted by Crippen LogP contribution is 2.38. The highest BCUT2D eigenvalue weighted by atomic mass is 19.1. The zero-order valence-electron chi connectivity index (χ0n) is 8.93. The van der Waals surface area contributed by atoms with Crippen LogP contribution in [0.1, 0.15) is 38.5 Å². The number of halogens is 1. The molecule has 2 heteroatoms. The van der Waals surface area contributed by atoms with E-state index in [2.05, 4.69) is 11.7 Å². The molecular weight excluding hydrogens is 189 g/mol. The molecule has 0 heterocycles. The van der Waals surface area contributed by atoms with Crippen molar-refractivity contribution in [3.63, 3.8) is 0 Å². The number of rotatable bonds is 2. The molecule has 1 saturated carbocycles. The fraction of sp³-hybridized carbons (Fsp3) is 0.462. The SMILES string of the molecule is C=N/C=C1\CCC\C1=C(/F)C1=CCCC1. The van der Waals surface area contributed by atoms with E-state index in [1.54, 1.807) is 6.20 Å². The zero-order valence-corrected chi connectivity index (χ0v) is 8.93. The molecule has 0 aromatic rings. The largest absolute Gasteiger partial charge is 0.272 e. The topological polar surface area (TPSA) is 12.4 Å². The minimum Gasteiger partial charge on any atom is -0.272 e. The second-order valence-electron chi connectivity index (χ2n) is 4.10. The van der Waals surface area contributed by atoms with Gasteiger partial charge in [0.1, 0.15) is 5.83 Å². The molecular formula is C13H16FN. The van der Waals surface area contributed by atoms with Crippen LogP contribution in [-0.4, -0.2) is 6.72 Å². The Labute approximate surface area is 90.1 Å². The van der Waals surface area contributed by atoms with Crippen molar-refractivity contribution < 1.29 is 4.39 Å². The molecule has 0 radical (unpaired) electrons. The van der Waals surface area contributed by atoms with Crippen LogP contribution in [-0.2, 0) is 0 Å². The van der Waals surface area contributed by atoms with Gasteiger partial charge in [-0.25, -0.2) is 4.39 Å². The highest BCUT2D eigenvalue weighted by Gasteiger charge is 2.21. The minimum atomic E-state index is 0.0138. The molecule has 0 spiro atoms. The van der Waals surface area contributed by atoms with Crippen LogP contribution in [0.3, 0.4) is 0 Å². The fourth-order valence-electron chi connectivity index (χ4n) is 2.33. The van der Waals surface area contributed by atoms with E-state index >= 15 is 0 Å². The molecule has 0 amide bonds. The third-order valence-corrected chi connectivity index (χ3v) is 3.10. The third kappa shape index (κ3) is 2.09. The quantitative estimate of drug-likeness (QED) is 0.602. The molecule has 80 valence electrons. The molecule has 15 heavy (non-hydrogen) atoms. The first-order valence-electron chi connectivity index (χ1n) is 5.56. The van der Waals surface area contributed by atoms with Gasteiger partial charge in [0.25, 0.3) is 0 Å². The van der Waals surface area contributed by atoms with E-state index in [9.17, 15) is 4.39 Å². The van der Waals surface area contributed by atoms with Crippen LogP contribution in [0.4, 0.5) is 4.39 Å². The maximum absolute atomic E-state index is 14.1. The average Bonchev–Trinajstić information content (AvgIpc) is 2.87. The number of allylic oxidation sites excluding steroid dienone is 5. The summed E-state index contributed by atoms with van der Waals surface area (Å²) in [4.78, 5) is 3.74. The van der Waals surface area contributed by atoms with Crippen LogP contribution in [0.5, 0.6) is 0 Å². The Morgan fingerprint density at radius 1 is 1.33 bits per heavy atom. The average molecular weight is 205 g/mol. The molecule has 0 aliphatic heterocycles. The third-order valence-electron chi connectivity index (χ3n) is 3.10. The molecule has 0 atom stereocenters. The summed E-state index contributed by atoms with van der Waals surface area (Å²) in [5.41, 5.74) is 2.81. The van der Waals surface area contributed by atoms with E-state index in [4.69, 9.17) is 0 Å². The lowest BCUT2D eigenvalue weighted by Crippen LogP contribution is -1.88. The Hall–Kier alpha value is -1.18. The van der Waals surface area contributed by atoms with Gasteiger partial charge in [-0.3, -0.25) is 4.99 Å². The summed E-state index contributed by atoms with van der Waals surface area (Å²) in [6.07, 6.45) is 9.57. The predicted octanol–water partition coefficient (Wildman–Crippen LogP) is 4.09. The second kappa shape index (κ2) is 4.56. The van der Waals surface area contributed by atoms with E-state index in [1.165, 1.54) is 0 Å². The van der Waals surface area contributed by atoms with Crippen molar-refractivity contribution in [2.45, 2.75) is 38.5 Å². The van der Waals surface area contributed by atoms with Crippen molar-refractivity contribution in [1.29, 1.82) is 0 Å². The summed E-state index contributed by atoms with van der Waals surface area (Å²) in [6.45, 7) is 3.43. The summed E-state index contributed by atoms with van der Waals surface area (Å²) in [7, 11) is 0. The minimum absolute atomic E-state index is 0.0138. The predicted molar refractivity (Wildman–Crippen MR) is 61.6 cm³/mol. The van der Waals surface area contributed by atoms with Gasteiger partial charge < -0.3 is 0 Å². The Balaban J connectivity index is 2.30.